The van der Waals surface area contributed by atoms with E-state index in [9.17, 15) is 4.79 Å². The second-order valence-electron chi connectivity index (χ2n) is 4.63. The number of nitrogens with two attached hydrogens (primary N) is 1. The van der Waals surface area contributed by atoms with Gasteiger partial charge in [-0.05, 0) is 19.3 Å². The van der Waals surface area contributed by atoms with Crippen molar-refractivity contribution in [2.24, 2.45) is 11.7 Å². The Morgan fingerprint density at radius 2 is 2.29 bits per heavy atom. The number of cyclic esters (lactones) is 1. The van der Waals surface area contributed by atoms with Crippen LogP contribution >= 0.6 is 0 Å². The van der Waals surface area contributed by atoms with Crippen LogP contribution in [-0.2, 0) is 4.74 Å². The first-order valence-electron chi connectivity index (χ1n) is 5.15. The van der Waals surface area contributed by atoms with Crippen molar-refractivity contribution in [1.82, 2.24) is 4.90 Å². The van der Waals surface area contributed by atoms with Crippen LogP contribution in [0.5, 0.6) is 0 Å². The summed E-state index contributed by atoms with van der Waals surface area (Å²) in [5, 5.41) is 0. The van der Waals surface area contributed by atoms with Crippen LogP contribution in [0.4, 0.5) is 4.79 Å². The first-order chi connectivity index (χ1) is 6.47. The number of hydrogen-bond donors (Lipinski definition) is 1. The van der Waals surface area contributed by atoms with Crippen molar-refractivity contribution in [2.75, 3.05) is 19.6 Å². The van der Waals surface area contributed by atoms with Crippen LogP contribution in [0.1, 0.15) is 27.2 Å². The number of carbonyl (C=O) groups is 1. The lowest BCUT2D eigenvalue weighted by Gasteiger charge is -2.19. The van der Waals surface area contributed by atoms with E-state index in [1.807, 2.05) is 6.92 Å². The highest BCUT2D eigenvalue weighted by atomic mass is 16.6. The average Bonchev–Trinajstić information content (AvgIpc) is 2.39. The Kier molecular flexibility index (Phi) is 3.37. The van der Waals surface area contributed by atoms with Crippen LogP contribution in [0.3, 0.4) is 0 Å². The Morgan fingerprint density at radius 3 is 2.71 bits per heavy atom. The van der Waals surface area contributed by atoms with Gasteiger partial charge in [-0.1, -0.05) is 13.8 Å². The van der Waals surface area contributed by atoms with Crippen LogP contribution in [0, 0.1) is 5.92 Å². The minimum Gasteiger partial charge on any atom is -0.440 e. The van der Waals surface area contributed by atoms with Gasteiger partial charge in [0.05, 0.1) is 6.54 Å². The molecule has 1 unspecified atom stereocenters. The van der Waals surface area contributed by atoms with Crippen LogP contribution < -0.4 is 5.73 Å². The number of amides is 1. The summed E-state index contributed by atoms with van der Waals surface area (Å²) in [5.41, 5.74) is 5.07. The monoisotopic (exact) mass is 200 g/mol. The van der Waals surface area contributed by atoms with Crippen molar-refractivity contribution in [3.63, 3.8) is 0 Å². The molecule has 1 aliphatic heterocycles. The molecule has 2 N–H and O–H groups in total. The number of rotatable bonds is 4. The molecule has 1 aliphatic rings. The smallest absolute Gasteiger partial charge is 0.410 e. The summed E-state index contributed by atoms with van der Waals surface area (Å²) in [5.74, 6) is 0.604. The standard InChI is InChI=1S/C10H20N2O2/c1-8(2)4-5-12-7-10(3,6-11)14-9(12)13/h8H,4-7,11H2,1-3H3. The Hall–Kier alpha value is -0.770. The predicted molar refractivity (Wildman–Crippen MR) is 55.0 cm³/mol. The molecule has 0 aromatic carbocycles. The highest BCUT2D eigenvalue weighted by Crippen LogP contribution is 2.21. The van der Waals surface area contributed by atoms with E-state index in [1.54, 1.807) is 4.90 Å². The van der Waals surface area contributed by atoms with E-state index in [4.69, 9.17) is 10.5 Å². The van der Waals surface area contributed by atoms with Crippen molar-refractivity contribution in [2.45, 2.75) is 32.8 Å². The van der Waals surface area contributed by atoms with Crippen molar-refractivity contribution in [1.29, 1.82) is 0 Å². The molecule has 4 nitrogen and oxygen atoms in total. The van der Waals surface area contributed by atoms with Crippen LogP contribution in [0.2, 0.25) is 0 Å². The molecule has 0 spiro atoms. The third kappa shape index (κ3) is 2.61. The van der Waals surface area contributed by atoms with Gasteiger partial charge in [0.2, 0.25) is 0 Å². The lowest BCUT2D eigenvalue weighted by molar-refractivity contribution is 0.0782. The van der Waals surface area contributed by atoms with Crippen molar-refractivity contribution in [3.8, 4) is 0 Å². The Balaban J connectivity index is 2.45. The molecule has 1 rings (SSSR count). The van der Waals surface area contributed by atoms with E-state index < -0.39 is 5.60 Å². The molecule has 0 radical (unpaired) electrons. The second kappa shape index (κ2) is 4.17. The van der Waals surface area contributed by atoms with Gasteiger partial charge in [0.15, 0.2) is 0 Å². The highest BCUT2D eigenvalue weighted by molar-refractivity contribution is 5.70. The maximum absolute atomic E-state index is 11.4. The van der Waals surface area contributed by atoms with Gasteiger partial charge in [0.1, 0.15) is 5.60 Å². The van der Waals surface area contributed by atoms with E-state index in [0.29, 0.717) is 19.0 Å². The molecular formula is C10H20N2O2. The zero-order valence-corrected chi connectivity index (χ0v) is 9.25. The van der Waals surface area contributed by atoms with Crippen molar-refractivity contribution < 1.29 is 9.53 Å². The molecule has 0 aliphatic carbocycles. The number of hydrogen-bond acceptors (Lipinski definition) is 3. The Bertz CT molecular complexity index is 218. The van der Waals surface area contributed by atoms with Gasteiger partial charge in [0, 0.05) is 13.1 Å². The SMILES string of the molecule is CC(C)CCN1CC(C)(CN)OC1=O. The number of ether oxygens (including phenoxy) is 1. The lowest BCUT2D eigenvalue weighted by Crippen LogP contribution is -2.39. The summed E-state index contributed by atoms with van der Waals surface area (Å²) in [7, 11) is 0. The molecule has 0 saturated carbocycles. The molecule has 4 heteroatoms. The molecular weight excluding hydrogens is 180 g/mol. The average molecular weight is 200 g/mol. The summed E-state index contributed by atoms with van der Waals surface area (Å²) in [6.45, 7) is 7.94. The predicted octanol–water partition coefficient (Wildman–Crippen LogP) is 1.20. The summed E-state index contributed by atoms with van der Waals surface area (Å²) in [6, 6.07) is 0. The molecule has 1 atom stereocenters. The second-order valence-corrected chi connectivity index (χ2v) is 4.63. The third-order valence-corrected chi connectivity index (χ3v) is 2.53. The first kappa shape index (κ1) is 11.3. The Labute approximate surface area is 85.4 Å². The minimum atomic E-state index is -0.478. The van der Waals surface area contributed by atoms with Crippen molar-refractivity contribution >= 4 is 6.09 Å². The first-order valence-corrected chi connectivity index (χ1v) is 5.15. The number of carbonyl (C=O) groups excluding carboxylic acids is 1. The molecule has 14 heavy (non-hydrogen) atoms. The van der Waals surface area contributed by atoms with Gasteiger partial charge in [-0.25, -0.2) is 4.79 Å². The van der Waals surface area contributed by atoms with Gasteiger partial charge >= 0.3 is 6.09 Å². The molecule has 82 valence electrons. The fourth-order valence-corrected chi connectivity index (χ4v) is 1.47. The summed E-state index contributed by atoms with van der Waals surface area (Å²) < 4.78 is 5.20. The molecule has 1 amide bonds. The van der Waals surface area contributed by atoms with Crippen LogP contribution in [0.25, 0.3) is 0 Å². The van der Waals surface area contributed by atoms with E-state index in [0.717, 1.165) is 13.0 Å². The highest BCUT2D eigenvalue weighted by Gasteiger charge is 2.39. The molecule has 1 saturated heterocycles. The molecule has 0 aromatic heterocycles. The zero-order chi connectivity index (χ0) is 10.8. The molecule has 0 aromatic rings. The third-order valence-electron chi connectivity index (χ3n) is 2.53. The summed E-state index contributed by atoms with van der Waals surface area (Å²) >= 11 is 0. The molecule has 0 bridgehead atoms. The van der Waals surface area contributed by atoms with Gasteiger partial charge in [-0.15, -0.1) is 0 Å². The zero-order valence-electron chi connectivity index (χ0n) is 9.25. The Morgan fingerprint density at radius 1 is 1.64 bits per heavy atom. The van der Waals surface area contributed by atoms with E-state index in [-0.39, 0.29) is 6.09 Å². The molecule has 1 heterocycles. The molecule has 1 fully saturated rings. The summed E-state index contributed by atoms with van der Waals surface area (Å²) in [6.07, 6.45) is 0.786. The lowest BCUT2D eigenvalue weighted by atomic mass is 10.1. The fourth-order valence-electron chi connectivity index (χ4n) is 1.47. The summed E-state index contributed by atoms with van der Waals surface area (Å²) in [4.78, 5) is 13.2. The van der Waals surface area contributed by atoms with Crippen LogP contribution in [0.15, 0.2) is 0 Å². The van der Waals surface area contributed by atoms with Crippen molar-refractivity contribution in [3.05, 3.63) is 0 Å². The van der Waals surface area contributed by atoms with E-state index in [1.165, 1.54) is 0 Å². The van der Waals surface area contributed by atoms with E-state index in [2.05, 4.69) is 13.8 Å². The van der Waals surface area contributed by atoms with Gasteiger partial charge in [-0.2, -0.15) is 0 Å². The number of nitrogens with zero attached hydrogens (tertiary/aromatic N) is 1. The van der Waals surface area contributed by atoms with Gasteiger partial charge in [-0.3, -0.25) is 0 Å². The maximum Gasteiger partial charge on any atom is 0.410 e. The topological polar surface area (TPSA) is 55.6 Å². The fraction of sp³-hybridized carbons (Fsp3) is 0.900. The van der Waals surface area contributed by atoms with Gasteiger partial charge < -0.3 is 15.4 Å². The van der Waals surface area contributed by atoms with Gasteiger partial charge in [0.25, 0.3) is 0 Å². The normalized spacial score (nSPS) is 27.2. The minimum absolute atomic E-state index is 0.224. The van der Waals surface area contributed by atoms with Crippen LogP contribution in [-0.4, -0.2) is 36.2 Å². The quantitative estimate of drug-likeness (QED) is 0.742. The van der Waals surface area contributed by atoms with E-state index >= 15 is 0 Å². The largest absolute Gasteiger partial charge is 0.440 e. The maximum atomic E-state index is 11.4.